The van der Waals surface area contributed by atoms with Crippen LogP contribution in [-0.4, -0.2) is 29.2 Å². The number of benzene rings is 1. The Morgan fingerprint density at radius 2 is 2.08 bits per heavy atom. The molecule has 0 aliphatic carbocycles. The largest absolute Gasteiger partial charge is 0.357 e. The molecule has 1 aromatic carbocycles. The number of halogens is 1. The zero-order chi connectivity index (χ0) is 18.2. The smallest absolute Gasteiger partial charge is 0.228 e. The van der Waals surface area contributed by atoms with Gasteiger partial charge in [0.25, 0.3) is 0 Å². The number of thiophene rings is 1. The quantitative estimate of drug-likeness (QED) is 0.475. The lowest BCUT2D eigenvalue weighted by Crippen LogP contribution is -2.38. The minimum atomic E-state index is 0.565. The first-order chi connectivity index (χ1) is 12.7. The Labute approximate surface area is 161 Å². The summed E-state index contributed by atoms with van der Waals surface area (Å²) in [7, 11) is 0. The van der Waals surface area contributed by atoms with Crippen molar-refractivity contribution in [3.8, 4) is 11.4 Å². The van der Waals surface area contributed by atoms with Crippen LogP contribution in [-0.2, 0) is 13.0 Å². The monoisotopic (exact) mass is 389 g/mol. The van der Waals surface area contributed by atoms with E-state index in [2.05, 4.69) is 42.6 Å². The fraction of sp³-hybridized carbons (Fsp3) is 0.278. The van der Waals surface area contributed by atoms with E-state index in [1.54, 1.807) is 23.5 Å². The summed E-state index contributed by atoms with van der Waals surface area (Å²) in [6.07, 6.45) is 0.615. The van der Waals surface area contributed by atoms with E-state index in [0.717, 1.165) is 18.1 Å². The maximum absolute atomic E-state index is 5.90. The van der Waals surface area contributed by atoms with Crippen molar-refractivity contribution in [2.45, 2.75) is 19.9 Å². The predicted octanol–water partition coefficient (Wildman–Crippen LogP) is 3.75. The van der Waals surface area contributed by atoms with Crippen LogP contribution in [0.1, 0.15) is 18.4 Å². The van der Waals surface area contributed by atoms with Crippen molar-refractivity contribution in [2.24, 2.45) is 4.99 Å². The third kappa shape index (κ3) is 5.31. The molecule has 0 bridgehead atoms. The molecule has 0 saturated carbocycles. The molecule has 3 rings (SSSR count). The second-order valence-corrected chi connectivity index (χ2v) is 6.74. The summed E-state index contributed by atoms with van der Waals surface area (Å²) >= 11 is 7.57. The molecular formula is C18H20ClN5OS. The van der Waals surface area contributed by atoms with Crippen molar-refractivity contribution in [3.63, 3.8) is 0 Å². The molecule has 3 aromatic rings. The second kappa shape index (κ2) is 9.35. The summed E-state index contributed by atoms with van der Waals surface area (Å²) in [5.41, 5.74) is 2.08. The normalized spacial score (nSPS) is 11.5. The van der Waals surface area contributed by atoms with Crippen LogP contribution in [0.4, 0.5) is 0 Å². The number of hydrogen-bond acceptors (Lipinski definition) is 5. The summed E-state index contributed by atoms with van der Waals surface area (Å²) in [4.78, 5) is 8.99. The Morgan fingerprint density at radius 1 is 1.23 bits per heavy atom. The highest BCUT2D eigenvalue weighted by atomic mass is 35.5. The van der Waals surface area contributed by atoms with Gasteiger partial charge >= 0.3 is 0 Å². The molecule has 2 N–H and O–H groups in total. The van der Waals surface area contributed by atoms with Gasteiger partial charge in [0.1, 0.15) is 0 Å². The van der Waals surface area contributed by atoms with Gasteiger partial charge in [-0.15, -0.1) is 0 Å². The lowest BCUT2D eigenvalue weighted by molar-refractivity contribution is 0.378. The molecule has 2 heterocycles. The molecule has 8 heteroatoms. The second-order valence-electron chi connectivity index (χ2n) is 5.52. The number of nitrogens with zero attached hydrogens (tertiary/aromatic N) is 3. The Morgan fingerprint density at radius 3 is 2.81 bits per heavy atom. The van der Waals surface area contributed by atoms with Gasteiger partial charge in [-0.2, -0.15) is 16.3 Å². The van der Waals surface area contributed by atoms with Crippen LogP contribution in [0.5, 0.6) is 0 Å². The highest BCUT2D eigenvalue weighted by Crippen LogP contribution is 2.18. The molecule has 2 aromatic heterocycles. The molecule has 0 amide bonds. The summed E-state index contributed by atoms with van der Waals surface area (Å²) in [5, 5.41) is 15.4. The topological polar surface area (TPSA) is 75.3 Å². The number of rotatable bonds is 7. The van der Waals surface area contributed by atoms with Crippen LogP contribution in [0.2, 0.25) is 5.02 Å². The van der Waals surface area contributed by atoms with Crippen LogP contribution >= 0.6 is 22.9 Å². The third-order valence-electron chi connectivity index (χ3n) is 3.55. The first-order valence-electron chi connectivity index (χ1n) is 8.36. The minimum absolute atomic E-state index is 0.565. The van der Waals surface area contributed by atoms with Crippen LogP contribution in [0, 0.1) is 0 Å². The van der Waals surface area contributed by atoms with E-state index in [1.165, 1.54) is 5.56 Å². The summed E-state index contributed by atoms with van der Waals surface area (Å²) < 4.78 is 5.32. The van der Waals surface area contributed by atoms with E-state index in [1.807, 2.05) is 19.1 Å². The number of guanidine groups is 1. The van der Waals surface area contributed by atoms with Crippen LogP contribution in [0.25, 0.3) is 11.4 Å². The van der Waals surface area contributed by atoms with Gasteiger partial charge < -0.3 is 15.2 Å². The predicted molar refractivity (Wildman–Crippen MR) is 106 cm³/mol. The first-order valence-corrected chi connectivity index (χ1v) is 9.68. The fourth-order valence-electron chi connectivity index (χ4n) is 2.26. The van der Waals surface area contributed by atoms with Gasteiger partial charge in [0.2, 0.25) is 11.7 Å². The lowest BCUT2D eigenvalue weighted by Gasteiger charge is -2.09. The number of hydrogen-bond donors (Lipinski definition) is 2. The molecule has 26 heavy (non-hydrogen) atoms. The van der Waals surface area contributed by atoms with E-state index in [4.69, 9.17) is 16.1 Å². The zero-order valence-electron chi connectivity index (χ0n) is 14.4. The van der Waals surface area contributed by atoms with E-state index in [0.29, 0.717) is 36.2 Å². The molecule has 6 nitrogen and oxygen atoms in total. The Hall–Kier alpha value is -2.38. The van der Waals surface area contributed by atoms with Crippen LogP contribution in [0.15, 0.2) is 50.6 Å². The lowest BCUT2D eigenvalue weighted by atomic mass is 10.2. The highest BCUT2D eigenvalue weighted by Gasteiger charge is 2.08. The van der Waals surface area contributed by atoms with Crippen molar-refractivity contribution < 1.29 is 4.52 Å². The fourth-order valence-corrected chi connectivity index (χ4v) is 3.04. The molecule has 0 radical (unpaired) electrons. The number of aromatic nitrogens is 2. The standard InChI is InChI=1S/C18H20ClN5OS/c1-2-20-18(22-11-13-8-10-26-12-13)21-9-7-16-23-17(24-25-16)14-3-5-15(19)6-4-14/h3-6,8,10,12H,2,7,9,11H2,1H3,(H2,20,21,22). The minimum Gasteiger partial charge on any atom is -0.357 e. The van der Waals surface area contributed by atoms with Gasteiger partial charge in [0.15, 0.2) is 5.96 Å². The maximum Gasteiger partial charge on any atom is 0.228 e. The average Bonchev–Trinajstić information content (AvgIpc) is 3.32. The maximum atomic E-state index is 5.90. The van der Waals surface area contributed by atoms with E-state index < -0.39 is 0 Å². The van der Waals surface area contributed by atoms with Gasteiger partial charge in [-0.1, -0.05) is 16.8 Å². The summed E-state index contributed by atoms with van der Waals surface area (Å²) in [5.74, 6) is 1.92. The molecule has 0 aliphatic heterocycles. The number of nitrogens with one attached hydrogen (secondary N) is 2. The molecule has 0 spiro atoms. The number of aliphatic imine (C=N–C) groups is 1. The first kappa shape index (κ1) is 18.4. The van der Waals surface area contributed by atoms with Crippen LogP contribution in [0.3, 0.4) is 0 Å². The Balaban J connectivity index is 1.53. The van der Waals surface area contributed by atoms with E-state index in [9.17, 15) is 0 Å². The van der Waals surface area contributed by atoms with Crippen molar-refractivity contribution in [2.75, 3.05) is 13.1 Å². The summed E-state index contributed by atoms with van der Waals surface area (Å²) in [6.45, 7) is 4.15. The van der Waals surface area contributed by atoms with Gasteiger partial charge in [-0.25, -0.2) is 4.99 Å². The molecule has 0 unspecified atom stereocenters. The Bertz CT molecular complexity index is 830. The molecule has 0 atom stereocenters. The molecular weight excluding hydrogens is 370 g/mol. The van der Waals surface area contributed by atoms with Crippen LogP contribution < -0.4 is 10.6 Å². The third-order valence-corrected chi connectivity index (χ3v) is 4.53. The molecule has 136 valence electrons. The Kier molecular flexibility index (Phi) is 6.62. The van der Waals surface area contributed by atoms with Gasteiger partial charge in [0.05, 0.1) is 6.54 Å². The van der Waals surface area contributed by atoms with Crippen molar-refractivity contribution >= 4 is 28.9 Å². The van der Waals surface area contributed by atoms with Gasteiger partial charge in [-0.3, -0.25) is 0 Å². The van der Waals surface area contributed by atoms with Crippen molar-refractivity contribution in [3.05, 3.63) is 57.6 Å². The SMILES string of the molecule is CCNC(=NCc1ccsc1)NCCc1nc(-c2ccc(Cl)cc2)no1. The van der Waals surface area contributed by atoms with Gasteiger partial charge in [0, 0.05) is 30.1 Å². The van der Waals surface area contributed by atoms with Crippen molar-refractivity contribution in [1.82, 2.24) is 20.8 Å². The van der Waals surface area contributed by atoms with Gasteiger partial charge in [-0.05, 0) is 53.6 Å². The van der Waals surface area contributed by atoms with Crippen molar-refractivity contribution in [1.29, 1.82) is 0 Å². The summed E-state index contributed by atoms with van der Waals surface area (Å²) in [6, 6.07) is 9.43. The molecule has 0 saturated heterocycles. The molecule has 0 fully saturated rings. The molecule has 0 aliphatic rings. The van der Waals surface area contributed by atoms with E-state index in [-0.39, 0.29) is 0 Å². The average molecular weight is 390 g/mol. The highest BCUT2D eigenvalue weighted by molar-refractivity contribution is 7.07. The zero-order valence-corrected chi connectivity index (χ0v) is 16.0. The van der Waals surface area contributed by atoms with E-state index >= 15 is 0 Å².